The Hall–Kier alpha value is -3.04. The molecule has 6 rings (SSSR count). The second-order valence-electron chi connectivity index (χ2n) is 8.54. The van der Waals surface area contributed by atoms with Gasteiger partial charge in [0.1, 0.15) is 18.0 Å². The molecule has 0 N–H and O–H groups in total. The van der Waals surface area contributed by atoms with Gasteiger partial charge in [-0.2, -0.15) is 9.49 Å². The average Bonchev–Trinajstić information content (AvgIpc) is 3.03. The predicted octanol–water partition coefficient (Wildman–Crippen LogP) is 1.81. The van der Waals surface area contributed by atoms with Crippen molar-refractivity contribution in [2.45, 2.75) is 37.5 Å². The molecule has 8 nitrogen and oxygen atoms in total. The van der Waals surface area contributed by atoms with Gasteiger partial charge in [-0.25, -0.2) is 13.9 Å². The van der Waals surface area contributed by atoms with Gasteiger partial charge in [-0.15, -0.1) is 5.10 Å². The summed E-state index contributed by atoms with van der Waals surface area (Å²) in [5, 5.41) is 8.06. The third-order valence-corrected chi connectivity index (χ3v) is 6.55. The Morgan fingerprint density at radius 3 is 2.57 bits per heavy atom. The molecule has 1 aliphatic carbocycles. The molecule has 4 atom stereocenters. The first-order valence-electron chi connectivity index (χ1n) is 10.2. The monoisotopic (exact) mass is 413 g/mol. The summed E-state index contributed by atoms with van der Waals surface area (Å²) < 4.78 is 30.7. The van der Waals surface area contributed by atoms with E-state index in [1.807, 2.05) is 11.0 Å². The van der Waals surface area contributed by atoms with E-state index in [0.29, 0.717) is 30.6 Å². The van der Waals surface area contributed by atoms with E-state index in [9.17, 15) is 13.6 Å². The Morgan fingerprint density at radius 2 is 1.93 bits per heavy atom. The van der Waals surface area contributed by atoms with E-state index in [0.717, 1.165) is 24.2 Å². The Labute approximate surface area is 171 Å². The van der Waals surface area contributed by atoms with Crippen LogP contribution in [0.25, 0.3) is 16.6 Å². The highest BCUT2D eigenvalue weighted by atomic mass is 19.1. The van der Waals surface area contributed by atoms with Crippen molar-refractivity contribution < 1.29 is 13.6 Å². The van der Waals surface area contributed by atoms with Crippen LogP contribution >= 0.6 is 0 Å². The highest BCUT2D eigenvalue weighted by Gasteiger charge is 2.51. The summed E-state index contributed by atoms with van der Waals surface area (Å²) in [6.45, 7) is 1.31. The van der Waals surface area contributed by atoms with Crippen LogP contribution in [0.1, 0.15) is 19.3 Å². The molecule has 30 heavy (non-hydrogen) atoms. The summed E-state index contributed by atoms with van der Waals surface area (Å²) in [5.41, 5.74) is 1.87. The third-order valence-electron chi connectivity index (χ3n) is 6.55. The topological polar surface area (TPSA) is 71.6 Å². The lowest BCUT2D eigenvalue weighted by Gasteiger charge is -2.41. The Kier molecular flexibility index (Phi) is 3.69. The standard InChI is InChI=1S/C20H21F2N7O/c1-26-9-15(18(22)25-26)11-4-17-19(23-10-24-28(17)6-11)27-7-12-2-3-13(8-27)29(12)20(30)14-5-16(14)21/h4,6,9-10,12-14,16H,2-3,5,7-8H2,1H3/t12?,13?,14-,16-/m1/s1. The molecule has 5 heterocycles. The first-order valence-corrected chi connectivity index (χ1v) is 10.2. The number of anilines is 1. The SMILES string of the molecule is Cn1cc(-c2cc3c(N4CC5CCC(C4)N5C(=O)[C@@H]4C[C@H]4F)ncnn3c2)c(F)n1. The maximum Gasteiger partial charge on any atom is 0.240 e. The predicted molar refractivity (Wildman–Crippen MR) is 104 cm³/mol. The van der Waals surface area contributed by atoms with Crippen LogP contribution in [-0.2, 0) is 11.8 Å². The molecular weight excluding hydrogens is 392 g/mol. The first-order chi connectivity index (χ1) is 14.5. The zero-order valence-electron chi connectivity index (χ0n) is 16.4. The fourth-order valence-corrected chi connectivity index (χ4v) is 5.01. The molecule has 1 amide bonds. The minimum atomic E-state index is -0.969. The molecule has 1 saturated carbocycles. The van der Waals surface area contributed by atoms with E-state index < -0.39 is 18.0 Å². The zero-order chi connectivity index (χ0) is 20.6. The van der Waals surface area contributed by atoms with E-state index in [1.165, 1.54) is 11.0 Å². The fraction of sp³-hybridized carbons (Fsp3) is 0.500. The van der Waals surface area contributed by atoms with E-state index in [-0.39, 0.29) is 18.0 Å². The summed E-state index contributed by atoms with van der Waals surface area (Å²) in [4.78, 5) is 21.3. The smallest absolute Gasteiger partial charge is 0.240 e. The van der Waals surface area contributed by atoms with Crippen LogP contribution in [-0.4, -0.2) is 66.5 Å². The number of fused-ring (bicyclic) bond motifs is 3. The zero-order valence-corrected chi connectivity index (χ0v) is 16.4. The van der Waals surface area contributed by atoms with Gasteiger partial charge in [-0.05, 0) is 25.3 Å². The van der Waals surface area contributed by atoms with Crippen LogP contribution in [0.4, 0.5) is 14.6 Å². The maximum absolute atomic E-state index is 14.2. The number of halogens is 2. The van der Waals surface area contributed by atoms with Crippen molar-refractivity contribution in [2.24, 2.45) is 13.0 Å². The van der Waals surface area contributed by atoms with Crippen LogP contribution in [0.5, 0.6) is 0 Å². The molecule has 2 saturated heterocycles. The molecule has 3 fully saturated rings. The second-order valence-corrected chi connectivity index (χ2v) is 8.54. The van der Waals surface area contributed by atoms with Gasteiger partial charge in [0.15, 0.2) is 5.82 Å². The van der Waals surface area contributed by atoms with Crippen LogP contribution in [0, 0.1) is 11.9 Å². The van der Waals surface area contributed by atoms with Gasteiger partial charge in [0, 0.05) is 50.2 Å². The van der Waals surface area contributed by atoms with Crippen molar-refractivity contribution in [2.75, 3.05) is 18.0 Å². The summed E-state index contributed by atoms with van der Waals surface area (Å²) in [6, 6.07) is 2.01. The number of aromatic nitrogens is 5. The Bertz CT molecular complexity index is 1140. The number of carbonyl (C=O) groups is 1. The number of aryl methyl sites for hydroxylation is 1. The largest absolute Gasteiger partial charge is 0.351 e. The van der Waals surface area contributed by atoms with Crippen molar-refractivity contribution >= 4 is 17.2 Å². The highest BCUT2D eigenvalue weighted by molar-refractivity contribution is 5.84. The lowest BCUT2D eigenvalue weighted by molar-refractivity contribution is -0.136. The molecule has 2 unspecified atom stereocenters. The second kappa shape index (κ2) is 6.23. The van der Waals surface area contributed by atoms with Crippen LogP contribution in [0.15, 0.2) is 24.8 Å². The minimum Gasteiger partial charge on any atom is -0.351 e. The van der Waals surface area contributed by atoms with E-state index in [2.05, 4.69) is 20.1 Å². The molecule has 10 heteroatoms. The molecule has 2 bridgehead atoms. The van der Waals surface area contributed by atoms with E-state index >= 15 is 0 Å². The van der Waals surface area contributed by atoms with Crippen molar-refractivity contribution in [1.29, 1.82) is 0 Å². The number of hydrogen-bond donors (Lipinski definition) is 0. The van der Waals surface area contributed by atoms with E-state index in [1.54, 1.807) is 24.0 Å². The van der Waals surface area contributed by atoms with Gasteiger partial charge in [0.05, 0.1) is 11.5 Å². The molecule has 2 aliphatic heterocycles. The number of hydrogen-bond acceptors (Lipinski definition) is 5. The molecule has 0 spiro atoms. The van der Waals surface area contributed by atoms with Gasteiger partial charge in [-0.3, -0.25) is 9.48 Å². The number of alkyl halides is 1. The first kappa shape index (κ1) is 17.8. The number of nitrogens with zero attached hydrogens (tertiary/aromatic N) is 7. The molecule has 3 aromatic rings. The van der Waals surface area contributed by atoms with Gasteiger partial charge in [0.25, 0.3) is 0 Å². The average molecular weight is 413 g/mol. The van der Waals surface area contributed by atoms with Crippen molar-refractivity contribution in [1.82, 2.24) is 29.3 Å². The molecule has 0 aromatic carbocycles. The molecule has 156 valence electrons. The van der Waals surface area contributed by atoms with E-state index in [4.69, 9.17) is 0 Å². The Morgan fingerprint density at radius 1 is 1.20 bits per heavy atom. The summed E-state index contributed by atoms with van der Waals surface area (Å²) in [5.74, 6) is -0.230. The quantitative estimate of drug-likeness (QED) is 0.655. The van der Waals surface area contributed by atoms with Gasteiger partial charge in [0.2, 0.25) is 11.9 Å². The third kappa shape index (κ3) is 2.62. The number of carbonyl (C=O) groups excluding carboxylic acids is 1. The van der Waals surface area contributed by atoms with Crippen molar-refractivity contribution in [3.63, 3.8) is 0 Å². The Balaban J connectivity index is 1.32. The van der Waals surface area contributed by atoms with Crippen molar-refractivity contribution in [3.8, 4) is 11.1 Å². The highest BCUT2D eigenvalue weighted by Crippen LogP contribution is 2.41. The summed E-state index contributed by atoms with van der Waals surface area (Å²) in [7, 11) is 1.68. The maximum atomic E-state index is 14.2. The van der Waals surface area contributed by atoms with Crippen molar-refractivity contribution in [3.05, 3.63) is 30.7 Å². The van der Waals surface area contributed by atoms with Crippen LogP contribution in [0.3, 0.4) is 0 Å². The summed E-state index contributed by atoms with van der Waals surface area (Å²) in [6.07, 6.45) is 6.13. The number of amides is 1. The number of piperazine rings is 1. The lowest BCUT2D eigenvalue weighted by Crippen LogP contribution is -2.56. The van der Waals surface area contributed by atoms with Crippen LogP contribution < -0.4 is 4.90 Å². The van der Waals surface area contributed by atoms with Gasteiger partial charge >= 0.3 is 0 Å². The molecule has 3 aromatic heterocycles. The normalized spacial score (nSPS) is 27.8. The molecule has 0 radical (unpaired) electrons. The molecular formula is C20H21F2N7O. The van der Waals surface area contributed by atoms with Gasteiger partial charge in [-0.1, -0.05) is 0 Å². The fourth-order valence-electron chi connectivity index (χ4n) is 5.01. The summed E-state index contributed by atoms with van der Waals surface area (Å²) >= 11 is 0. The lowest BCUT2D eigenvalue weighted by atomic mass is 10.1. The van der Waals surface area contributed by atoms with Gasteiger partial charge < -0.3 is 9.80 Å². The minimum absolute atomic E-state index is 0.0282. The van der Waals surface area contributed by atoms with Crippen LogP contribution in [0.2, 0.25) is 0 Å². The number of rotatable bonds is 3. The molecule has 3 aliphatic rings.